The van der Waals surface area contributed by atoms with Crippen LogP contribution in [-0.2, 0) is 4.79 Å². The number of fused-ring (bicyclic) bond motifs is 2. The van der Waals surface area contributed by atoms with E-state index in [1.807, 2.05) is 30.5 Å². The van der Waals surface area contributed by atoms with Crippen molar-refractivity contribution >= 4 is 40.0 Å². The largest absolute Gasteiger partial charge is 0.497 e. The number of amidine groups is 1. The van der Waals surface area contributed by atoms with Crippen LogP contribution in [0, 0.1) is 5.41 Å². The highest BCUT2D eigenvalue weighted by molar-refractivity contribution is 6.35. The maximum atomic E-state index is 12.4. The summed E-state index contributed by atoms with van der Waals surface area (Å²) in [4.78, 5) is 15.6. The second-order valence-corrected chi connectivity index (χ2v) is 5.84. The number of benzene rings is 2. The van der Waals surface area contributed by atoms with E-state index in [1.165, 1.54) is 0 Å². The molecule has 0 fully saturated rings. The number of nitrogens with two attached hydrogens (primary N) is 1. The quantitative estimate of drug-likeness (QED) is 0.337. The van der Waals surface area contributed by atoms with Crippen molar-refractivity contribution in [2.75, 3.05) is 12.4 Å². The minimum Gasteiger partial charge on any atom is -0.497 e. The van der Waals surface area contributed by atoms with E-state index in [0.29, 0.717) is 11.1 Å². The number of methoxy groups -OCH3 is 1. The summed E-state index contributed by atoms with van der Waals surface area (Å²) in [7, 11) is 1.62. The first-order valence-corrected chi connectivity index (χ1v) is 7.74. The summed E-state index contributed by atoms with van der Waals surface area (Å²) in [6.45, 7) is 0. The lowest BCUT2D eigenvalue weighted by Gasteiger charge is -2.03. The van der Waals surface area contributed by atoms with E-state index in [2.05, 4.69) is 10.3 Å². The highest BCUT2D eigenvalue weighted by Gasteiger charge is 2.25. The van der Waals surface area contributed by atoms with Crippen LogP contribution in [0.5, 0.6) is 5.75 Å². The monoisotopic (exact) mass is 332 g/mol. The molecule has 1 aliphatic rings. The van der Waals surface area contributed by atoms with E-state index in [4.69, 9.17) is 15.9 Å². The summed E-state index contributed by atoms with van der Waals surface area (Å²) in [6.07, 6.45) is 3.70. The number of amides is 1. The number of ether oxygens (including phenoxy) is 1. The molecule has 0 radical (unpaired) electrons. The van der Waals surface area contributed by atoms with Gasteiger partial charge in [-0.2, -0.15) is 0 Å². The van der Waals surface area contributed by atoms with Crippen LogP contribution in [0.25, 0.3) is 22.6 Å². The molecule has 1 aromatic heterocycles. The third-order valence-corrected chi connectivity index (χ3v) is 4.33. The van der Waals surface area contributed by atoms with Crippen LogP contribution in [0.1, 0.15) is 16.7 Å². The lowest BCUT2D eigenvalue weighted by Crippen LogP contribution is -2.10. The maximum absolute atomic E-state index is 12.4. The Bertz CT molecular complexity index is 1060. The Kier molecular flexibility index (Phi) is 3.32. The van der Waals surface area contributed by atoms with E-state index in [9.17, 15) is 4.79 Å². The number of nitrogens with one attached hydrogen (secondary N) is 3. The Hall–Kier alpha value is -3.54. The standard InChI is InChI=1S/C19H16N4O2/c1-25-12-3-5-16-13(8-12)11(9-22-16)7-15-14-6-10(18(20)21)2-4-17(14)23-19(15)24/h2-9,22H,1H3,(H3,20,21)(H,23,24)/b15-7+. The van der Waals surface area contributed by atoms with Gasteiger partial charge in [-0.05, 0) is 42.5 Å². The van der Waals surface area contributed by atoms with Crippen molar-refractivity contribution in [3.63, 3.8) is 0 Å². The van der Waals surface area contributed by atoms with Gasteiger partial charge >= 0.3 is 0 Å². The Balaban J connectivity index is 1.87. The molecule has 0 unspecified atom stereocenters. The summed E-state index contributed by atoms with van der Waals surface area (Å²) in [5.74, 6) is 0.549. The van der Waals surface area contributed by atoms with E-state index >= 15 is 0 Å². The number of hydrogen-bond donors (Lipinski definition) is 4. The van der Waals surface area contributed by atoms with Crippen molar-refractivity contribution in [1.29, 1.82) is 5.41 Å². The highest BCUT2D eigenvalue weighted by atomic mass is 16.5. The van der Waals surface area contributed by atoms with Crippen molar-refractivity contribution in [3.8, 4) is 5.75 Å². The number of carbonyl (C=O) groups is 1. The van der Waals surface area contributed by atoms with Crippen LogP contribution in [0.4, 0.5) is 5.69 Å². The topological polar surface area (TPSA) is 104 Å². The molecule has 6 nitrogen and oxygen atoms in total. The number of aromatic amines is 1. The second-order valence-electron chi connectivity index (χ2n) is 5.84. The van der Waals surface area contributed by atoms with Crippen molar-refractivity contribution < 1.29 is 9.53 Å². The van der Waals surface area contributed by atoms with Crippen LogP contribution < -0.4 is 15.8 Å². The summed E-state index contributed by atoms with van der Waals surface area (Å²) >= 11 is 0. The summed E-state index contributed by atoms with van der Waals surface area (Å²) in [5, 5.41) is 11.4. The first kappa shape index (κ1) is 15.0. The van der Waals surface area contributed by atoms with Gasteiger partial charge in [-0.15, -0.1) is 0 Å². The van der Waals surface area contributed by atoms with Crippen molar-refractivity contribution in [2.45, 2.75) is 0 Å². The zero-order valence-corrected chi connectivity index (χ0v) is 13.5. The van der Waals surface area contributed by atoms with Gasteiger partial charge in [0.25, 0.3) is 5.91 Å². The minimum absolute atomic E-state index is 0.0293. The summed E-state index contributed by atoms with van der Waals surface area (Å²) < 4.78 is 5.28. The van der Waals surface area contributed by atoms with Crippen molar-refractivity contribution in [3.05, 3.63) is 59.3 Å². The van der Waals surface area contributed by atoms with Gasteiger partial charge in [0.2, 0.25) is 0 Å². The fourth-order valence-corrected chi connectivity index (χ4v) is 3.02. The van der Waals surface area contributed by atoms with E-state index in [-0.39, 0.29) is 11.7 Å². The van der Waals surface area contributed by atoms with Crippen LogP contribution in [0.15, 0.2) is 42.6 Å². The number of H-pyrrole nitrogens is 1. The molecule has 2 heterocycles. The summed E-state index contributed by atoms with van der Waals surface area (Å²) in [5.41, 5.74) is 10.0. The Morgan fingerprint density at radius 1 is 1.24 bits per heavy atom. The molecule has 5 N–H and O–H groups in total. The molecule has 2 aromatic carbocycles. The molecule has 124 valence electrons. The van der Waals surface area contributed by atoms with Gasteiger partial charge in [0.1, 0.15) is 11.6 Å². The molecule has 0 aliphatic carbocycles. The van der Waals surface area contributed by atoms with Gasteiger partial charge < -0.3 is 20.8 Å². The molecule has 0 bridgehead atoms. The number of rotatable bonds is 3. The molecular weight excluding hydrogens is 316 g/mol. The van der Waals surface area contributed by atoms with Gasteiger partial charge in [0.05, 0.1) is 7.11 Å². The first-order chi connectivity index (χ1) is 12.1. The van der Waals surface area contributed by atoms with E-state index in [0.717, 1.165) is 33.5 Å². The third kappa shape index (κ3) is 2.44. The lowest BCUT2D eigenvalue weighted by atomic mass is 10.0. The lowest BCUT2D eigenvalue weighted by molar-refractivity contribution is -0.110. The Morgan fingerprint density at radius 2 is 2.08 bits per heavy atom. The second kappa shape index (κ2) is 5.52. The van der Waals surface area contributed by atoms with Crippen molar-refractivity contribution in [1.82, 2.24) is 4.98 Å². The third-order valence-electron chi connectivity index (χ3n) is 4.33. The minimum atomic E-state index is -0.173. The Morgan fingerprint density at radius 3 is 2.84 bits per heavy atom. The van der Waals surface area contributed by atoms with Gasteiger partial charge in [-0.1, -0.05) is 0 Å². The molecule has 1 amide bonds. The average Bonchev–Trinajstić information content (AvgIpc) is 3.15. The molecule has 4 rings (SSSR count). The fourth-order valence-electron chi connectivity index (χ4n) is 3.02. The number of aromatic nitrogens is 1. The molecule has 0 spiro atoms. The predicted octanol–water partition coefficient (Wildman–Crippen LogP) is 2.95. The predicted molar refractivity (Wildman–Crippen MR) is 98.8 cm³/mol. The SMILES string of the molecule is COc1ccc2[nH]cc(/C=C3/C(=O)Nc4ccc(C(=N)N)cc43)c2c1. The van der Waals surface area contributed by atoms with Gasteiger partial charge in [0.15, 0.2) is 0 Å². The molecule has 0 atom stereocenters. The van der Waals surface area contributed by atoms with Gasteiger partial charge in [-0.3, -0.25) is 10.2 Å². The molecule has 0 saturated heterocycles. The van der Waals surface area contributed by atoms with Crippen molar-refractivity contribution in [2.24, 2.45) is 5.73 Å². The maximum Gasteiger partial charge on any atom is 0.256 e. The molecule has 3 aromatic rings. The highest BCUT2D eigenvalue weighted by Crippen LogP contribution is 2.35. The van der Waals surface area contributed by atoms with Gasteiger partial charge in [0, 0.05) is 45.1 Å². The average molecular weight is 332 g/mol. The molecule has 1 aliphatic heterocycles. The van der Waals surface area contributed by atoms with Gasteiger partial charge in [-0.25, -0.2) is 0 Å². The number of nitrogen functional groups attached to an aromatic ring is 1. The molecule has 6 heteroatoms. The normalized spacial score (nSPS) is 14.6. The smallest absolute Gasteiger partial charge is 0.256 e. The van der Waals surface area contributed by atoms with E-state index < -0.39 is 0 Å². The number of carbonyl (C=O) groups excluding carboxylic acids is 1. The van der Waals surface area contributed by atoms with E-state index in [1.54, 1.807) is 25.3 Å². The molecule has 0 saturated carbocycles. The Labute approximate surface area is 143 Å². The fraction of sp³-hybridized carbons (Fsp3) is 0.0526. The molecule has 25 heavy (non-hydrogen) atoms. The van der Waals surface area contributed by atoms with Crippen LogP contribution in [0.2, 0.25) is 0 Å². The molecular formula is C19H16N4O2. The van der Waals surface area contributed by atoms with Crippen LogP contribution >= 0.6 is 0 Å². The van der Waals surface area contributed by atoms with Crippen LogP contribution in [0.3, 0.4) is 0 Å². The van der Waals surface area contributed by atoms with Crippen LogP contribution in [-0.4, -0.2) is 23.8 Å². The first-order valence-electron chi connectivity index (χ1n) is 7.74. The zero-order chi connectivity index (χ0) is 17.6. The number of anilines is 1. The number of hydrogen-bond acceptors (Lipinski definition) is 3. The zero-order valence-electron chi connectivity index (χ0n) is 13.5. The summed E-state index contributed by atoms with van der Waals surface area (Å²) in [6, 6.07) is 11.0.